The van der Waals surface area contributed by atoms with E-state index in [4.69, 9.17) is 16.3 Å². The van der Waals surface area contributed by atoms with Crippen molar-refractivity contribution >= 4 is 34.9 Å². The van der Waals surface area contributed by atoms with E-state index in [0.717, 1.165) is 19.3 Å². The van der Waals surface area contributed by atoms with Crippen LogP contribution in [0.1, 0.15) is 57.5 Å². The summed E-state index contributed by atoms with van der Waals surface area (Å²) >= 11 is 6.19. The molecule has 1 aliphatic rings. The van der Waals surface area contributed by atoms with Crippen molar-refractivity contribution < 1.29 is 19.1 Å². The first kappa shape index (κ1) is 23.0. The van der Waals surface area contributed by atoms with Crippen molar-refractivity contribution in [3.8, 4) is 0 Å². The summed E-state index contributed by atoms with van der Waals surface area (Å²) in [6.45, 7) is 0.782. The average Bonchev–Trinajstić information content (AvgIpc) is 2.77. The quantitative estimate of drug-likeness (QED) is 0.450. The molecule has 2 aromatic rings. The van der Waals surface area contributed by atoms with Crippen molar-refractivity contribution in [1.29, 1.82) is 0 Å². The first-order valence-electron chi connectivity index (χ1n) is 10.5. The molecule has 2 N–H and O–H groups in total. The number of amides is 2. The third-order valence-corrected chi connectivity index (χ3v) is 5.65. The fourth-order valence-electron chi connectivity index (χ4n) is 3.64. The van der Waals surface area contributed by atoms with Crippen LogP contribution in [0.15, 0.2) is 36.4 Å². The topological polar surface area (TPSA) is 84.5 Å². The van der Waals surface area contributed by atoms with Gasteiger partial charge in [0.25, 0.3) is 5.91 Å². The van der Waals surface area contributed by atoms with Crippen LogP contribution in [0.2, 0.25) is 5.02 Å². The highest BCUT2D eigenvalue weighted by molar-refractivity contribution is 6.34. The zero-order valence-corrected chi connectivity index (χ0v) is 18.4. The van der Waals surface area contributed by atoms with Gasteiger partial charge in [-0.05, 0) is 61.1 Å². The fourth-order valence-corrected chi connectivity index (χ4v) is 3.91. The van der Waals surface area contributed by atoms with Crippen molar-refractivity contribution in [3.05, 3.63) is 63.7 Å². The van der Waals surface area contributed by atoms with Crippen LogP contribution < -0.4 is 10.6 Å². The lowest BCUT2D eigenvalue weighted by atomic mass is 9.89. The molecule has 0 aliphatic heterocycles. The normalized spacial score (nSPS) is 12.7. The van der Waals surface area contributed by atoms with Gasteiger partial charge in [0.15, 0.2) is 5.78 Å². The summed E-state index contributed by atoms with van der Waals surface area (Å²) in [5.41, 5.74) is 4.04. The molecule has 6 nitrogen and oxygen atoms in total. The summed E-state index contributed by atoms with van der Waals surface area (Å²) < 4.78 is 4.89. The zero-order chi connectivity index (χ0) is 22.2. The summed E-state index contributed by atoms with van der Waals surface area (Å²) in [6, 6.07) is 10.6. The monoisotopic (exact) mass is 442 g/mol. The van der Waals surface area contributed by atoms with E-state index in [9.17, 15) is 14.4 Å². The minimum absolute atomic E-state index is 0.0374. The van der Waals surface area contributed by atoms with Gasteiger partial charge in [0.2, 0.25) is 5.91 Å². The molecule has 2 amide bonds. The lowest BCUT2D eigenvalue weighted by molar-refractivity contribution is -0.116. The van der Waals surface area contributed by atoms with Gasteiger partial charge in [0, 0.05) is 37.7 Å². The second-order valence-corrected chi connectivity index (χ2v) is 8.01. The van der Waals surface area contributed by atoms with Gasteiger partial charge in [-0.25, -0.2) is 0 Å². The van der Waals surface area contributed by atoms with Crippen LogP contribution in [-0.4, -0.2) is 37.9 Å². The highest BCUT2D eigenvalue weighted by Gasteiger charge is 2.15. The maximum Gasteiger partial charge on any atom is 0.252 e. The van der Waals surface area contributed by atoms with Gasteiger partial charge in [-0.3, -0.25) is 14.4 Å². The summed E-state index contributed by atoms with van der Waals surface area (Å²) in [7, 11) is 1.55. The van der Waals surface area contributed by atoms with Crippen molar-refractivity contribution in [2.75, 3.05) is 25.6 Å². The number of ether oxygens (including phenoxy) is 1. The molecule has 0 saturated heterocycles. The molecule has 0 fully saturated rings. The summed E-state index contributed by atoms with van der Waals surface area (Å²) in [5.74, 6) is -0.625. The molecule has 0 radical (unpaired) electrons. The van der Waals surface area contributed by atoms with Crippen LogP contribution in [0.4, 0.5) is 5.69 Å². The first-order valence-corrected chi connectivity index (χ1v) is 10.9. The number of rotatable bonds is 9. The summed E-state index contributed by atoms with van der Waals surface area (Å²) in [4.78, 5) is 36.9. The molecule has 0 unspecified atom stereocenters. The number of carbonyl (C=O) groups is 3. The molecule has 3 rings (SSSR count). The average molecular weight is 443 g/mol. The van der Waals surface area contributed by atoms with E-state index < -0.39 is 0 Å². The molecule has 0 atom stereocenters. The first-order chi connectivity index (χ1) is 15.0. The predicted molar refractivity (Wildman–Crippen MR) is 121 cm³/mol. The number of anilines is 1. The fraction of sp³-hybridized carbons (Fsp3) is 0.375. The maximum absolute atomic E-state index is 12.5. The lowest BCUT2D eigenvalue weighted by Crippen LogP contribution is -2.27. The maximum atomic E-state index is 12.5. The van der Waals surface area contributed by atoms with Crippen molar-refractivity contribution in [2.24, 2.45) is 0 Å². The van der Waals surface area contributed by atoms with Crippen molar-refractivity contribution in [2.45, 2.75) is 38.5 Å². The molecule has 1 aliphatic carbocycles. The molecule has 31 heavy (non-hydrogen) atoms. The van der Waals surface area contributed by atoms with Gasteiger partial charge in [-0.2, -0.15) is 0 Å². The number of methoxy groups -OCH3 is 1. The Morgan fingerprint density at radius 2 is 1.77 bits per heavy atom. The van der Waals surface area contributed by atoms with Crippen molar-refractivity contribution in [1.82, 2.24) is 5.32 Å². The number of aryl methyl sites for hydroxylation is 2. The van der Waals surface area contributed by atoms with Crippen molar-refractivity contribution in [3.63, 3.8) is 0 Å². The Labute approximate surface area is 187 Å². The summed E-state index contributed by atoms with van der Waals surface area (Å²) in [6.07, 6.45) is 4.65. The van der Waals surface area contributed by atoms with Gasteiger partial charge < -0.3 is 15.4 Å². The number of nitrogens with one attached hydrogen (secondary N) is 2. The smallest absolute Gasteiger partial charge is 0.252 e. The van der Waals surface area contributed by atoms with E-state index in [2.05, 4.69) is 10.6 Å². The van der Waals surface area contributed by atoms with Gasteiger partial charge >= 0.3 is 0 Å². The lowest BCUT2D eigenvalue weighted by Gasteiger charge is -2.16. The van der Waals surface area contributed by atoms with Crippen LogP contribution in [0, 0.1) is 0 Å². The highest BCUT2D eigenvalue weighted by Crippen LogP contribution is 2.24. The number of carbonyl (C=O) groups excluding carboxylic acids is 3. The molecule has 0 heterocycles. The molecule has 164 valence electrons. The van der Waals surface area contributed by atoms with Crippen LogP contribution in [0.3, 0.4) is 0 Å². The number of benzene rings is 2. The Morgan fingerprint density at radius 1 is 1.00 bits per heavy atom. The van der Waals surface area contributed by atoms with E-state index in [1.54, 1.807) is 19.2 Å². The third kappa shape index (κ3) is 6.39. The zero-order valence-electron chi connectivity index (χ0n) is 17.6. The second-order valence-electron chi connectivity index (χ2n) is 7.61. The van der Waals surface area contributed by atoms with E-state index in [1.165, 1.54) is 23.6 Å². The number of hydrogen-bond donors (Lipinski definition) is 2. The standard InChI is InChI=1S/C24H27ClN2O4/c1-31-13-12-26-24(30)20-9-8-19(15-21(20)25)27-23(29)11-10-22(28)18-7-6-16-4-2-3-5-17(16)14-18/h6-9,14-15H,2-5,10-13H2,1H3,(H,26,30)(H,27,29). The molecule has 0 spiro atoms. The molecule has 0 saturated carbocycles. The Kier molecular flexibility index (Phi) is 8.20. The Bertz CT molecular complexity index is 974. The highest BCUT2D eigenvalue weighted by atomic mass is 35.5. The molecule has 7 heteroatoms. The minimum Gasteiger partial charge on any atom is -0.383 e. The van der Waals surface area contributed by atoms with Crippen LogP contribution >= 0.6 is 11.6 Å². The van der Waals surface area contributed by atoms with E-state index in [0.29, 0.717) is 30.0 Å². The molecule has 0 bridgehead atoms. The molecular formula is C24H27ClN2O4. The van der Waals surface area contributed by atoms with Gasteiger partial charge in [0.1, 0.15) is 0 Å². The number of fused-ring (bicyclic) bond motifs is 1. The van der Waals surface area contributed by atoms with E-state index in [1.807, 2.05) is 18.2 Å². The largest absolute Gasteiger partial charge is 0.383 e. The number of Topliss-reactive ketones (excluding diaryl/α,β-unsaturated/α-hetero) is 1. The SMILES string of the molecule is COCCNC(=O)c1ccc(NC(=O)CCC(=O)c2ccc3c(c2)CCCC3)cc1Cl. The number of ketones is 1. The van der Waals surface area contributed by atoms with Crippen LogP contribution in [0.5, 0.6) is 0 Å². The number of hydrogen-bond acceptors (Lipinski definition) is 4. The van der Waals surface area contributed by atoms with Crippen LogP contribution in [0.25, 0.3) is 0 Å². The molecular weight excluding hydrogens is 416 g/mol. The van der Waals surface area contributed by atoms with Gasteiger partial charge in [0.05, 0.1) is 17.2 Å². The predicted octanol–water partition coefficient (Wildman–Crippen LogP) is 4.20. The Hall–Kier alpha value is -2.70. The second kappa shape index (κ2) is 11.1. The Morgan fingerprint density at radius 3 is 2.52 bits per heavy atom. The Balaban J connectivity index is 1.52. The summed E-state index contributed by atoms with van der Waals surface area (Å²) in [5, 5.41) is 5.66. The van der Waals surface area contributed by atoms with E-state index in [-0.39, 0.29) is 35.5 Å². The number of halogens is 1. The van der Waals surface area contributed by atoms with Gasteiger partial charge in [-0.15, -0.1) is 0 Å². The molecule has 0 aromatic heterocycles. The van der Waals surface area contributed by atoms with Crippen LogP contribution in [-0.2, 0) is 22.4 Å². The van der Waals surface area contributed by atoms with Gasteiger partial charge in [-0.1, -0.05) is 23.7 Å². The minimum atomic E-state index is -0.310. The molecule has 2 aromatic carbocycles. The third-order valence-electron chi connectivity index (χ3n) is 5.34. The van der Waals surface area contributed by atoms with E-state index >= 15 is 0 Å².